The highest BCUT2D eigenvalue weighted by Crippen LogP contribution is 2.37. The zero-order chi connectivity index (χ0) is 26.4. The van der Waals surface area contributed by atoms with E-state index in [9.17, 15) is 8.78 Å². The van der Waals surface area contributed by atoms with Gasteiger partial charge in [-0.1, -0.05) is 55.8 Å². The fourth-order valence-corrected chi connectivity index (χ4v) is 4.69. The molecule has 0 saturated carbocycles. The maximum Gasteiger partial charge on any atom is 0.201 e. The Kier molecular flexibility index (Phi) is 9.04. The fraction of sp³-hybridized carbons (Fsp3) is 0.355. The lowest BCUT2D eigenvalue weighted by Gasteiger charge is -2.29. The van der Waals surface area contributed by atoms with Gasteiger partial charge in [0.25, 0.3) is 0 Å². The third-order valence-electron chi connectivity index (χ3n) is 6.92. The van der Waals surface area contributed by atoms with E-state index in [4.69, 9.17) is 9.47 Å². The molecule has 37 heavy (non-hydrogen) atoms. The van der Waals surface area contributed by atoms with Gasteiger partial charge in [-0.05, 0) is 61.3 Å². The van der Waals surface area contributed by atoms with Crippen molar-refractivity contribution in [3.63, 3.8) is 0 Å². The van der Waals surface area contributed by atoms with Crippen LogP contribution in [0.25, 0.3) is 22.3 Å². The highest BCUT2D eigenvalue weighted by Gasteiger charge is 2.27. The summed E-state index contributed by atoms with van der Waals surface area (Å²) in [6.07, 6.45) is 6.45. The summed E-state index contributed by atoms with van der Waals surface area (Å²) >= 11 is 0. The van der Waals surface area contributed by atoms with Crippen LogP contribution in [0.2, 0.25) is 0 Å². The number of hydrogen-bond donors (Lipinski definition) is 0. The zero-order valence-corrected chi connectivity index (χ0v) is 21.0. The lowest BCUT2D eigenvalue weighted by atomic mass is 9.90. The molecule has 0 aromatic heterocycles. The van der Waals surface area contributed by atoms with Crippen LogP contribution in [0.3, 0.4) is 0 Å². The number of hydrogen-bond acceptors (Lipinski definition) is 2. The molecule has 1 aliphatic rings. The summed E-state index contributed by atoms with van der Waals surface area (Å²) in [5, 5.41) is 0. The third-order valence-corrected chi connectivity index (χ3v) is 6.92. The molecule has 2 nitrogen and oxygen atoms in total. The van der Waals surface area contributed by atoms with Gasteiger partial charge in [0.05, 0.1) is 19.3 Å². The number of allylic oxidation sites excluding steroid dienone is 1. The molecule has 0 aliphatic carbocycles. The van der Waals surface area contributed by atoms with E-state index in [2.05, 4.69) is 6.58 Å². The van der Waals surface area contributed by atoms with Crippen molar-refractivity contribution >= 4 is 0 Å². The number of ether oxygens (including phenoxy) is 2. The second-order valence-electron chi connectivity index (χ2n) is 9.48. The molecule has 1 fully saturated rings. The van der Waals surface area contributed by atoms with Crippen LogP contribution in [-0.2, 0) is 4.74 Å². The topological polar surface area (TPSA) is 18.5 Å². The first-order valence-electron chi connectivity index (χ1n) is 12.9. The highest BCUT2D eigenvalue weighted by molar-refractivity contribution is 5.71. The molecule has 0 N–H and O–H groups in total. The highest BCUT2D eigenvalue weighted by atomic mass is 19.2. The quantitative estimate of drug-likeness (QED) is 0.153. The first kappa shape index (κ1) is 26.9. The van der Waals surface area contributed by atoms with Gasteiger partial charge in [-0.15, -0.1) is 6.58 Å². The Bertz CT molecular complexity index is 1210. The monoisotopic (exact) mass is 512 g/mol. The van der Waals surface area contributed by atoms with Crippen LogP contribution in [0, 0.1) is 29.2 Å². The van der Waals surface area contributed by atoms with E-state index in [1.165, 1.54) is 12.1 Å². The number of benzene rings is 3. The zero-order valence-electron chi connectivity index (χ0n) is 21.0. The summed E-state index contributed by atoms with van der Waals surface area (Å²) in [6.45, 7) is 6.55. The summed E-state index contributed by atoms with van der Waals surface area (Å²) < 4.78 is 70.5. The van der Waals surface area contributed by atoms with Crippen molar-refractivity contribution < 1.29 is 27.0 Å². The van der Waals surface area contributed by atoms with Crippen molar-refractivity contribution in [3.05, 3.63) is 90.0 Å². The molecule has 0 amide bonds. The molecular formula is C31H32F4O2. The molecule has 2 atom stereocenters. The molecule has 0 radical (unpaired) electrons. The predicted octanol–water partition coefficient (Wildman–Crippen LogP) is 9.19. The van der Waals surface area contributed by atoms with E-state index in [1.54, 1.807) is 36.4 Å². The molecular weight excluding hydrogens is 480 g/mol. The molecule has 3 aromatic rings. The largest absolute Gasteiger partial charge is 0.490 e. The third kappa shape index (κ3) is 6.07. The molecule has 0 spiro atoms. The van der Waals surface area contributed by atoms with E-state index in [1.807, 2.05) is 13.0 Å². The SMILES string of the molecule is C=CCCC1CCC(c2ccc(-c3ccc(-c4ccc(OCCCC)c(F)c4F)cc3)c(F)c2F)OC1. The van der Waals surface area contributed by atoms with Crippen molar-refractivity contribution in [1.82, 2.24) is 0 Å². The van der Waals surface area contributed by atoms with Gasteiger partial charge >= 0.3 is 0 Å². The van der Waals surface area contributed by atoms with Crippen molar-refractivity contribution in [2.45, 2.75) is 51.6 Å². The Morgan fingerprint density at radius 1 is 0.865 bits per heavy atom. The van der Waals surface area contributed by atoms with E-state index < -0.39 is 29.4 Å². The molecule has 4 rings (SSSR count). The number of halogens is 4. The van der Waals surface area contributed by atoms with Gasteiger partial charge in [0.2, 0.25) is 5.82 Å². The van der Waals surface area contributed by atoms with Crippen LogP contribution in [0.1, 0.15) is 57.1 Å². The number of unbranched alkanes of at least 4 members (excludes halogenated alkanes) is 1. The van der Waals surface area contributed by atoms with Crippen LogP contribution < -0.4 is 4.74 Å². The van der Waals surface area contributed by atoms with Crippen molar-refractivity contribution in [2.75, 3.05) is 13.2 Å². The summed E-state index contributed by atoms with van der Waals surface area (Å²) in [6, 6.07) is 12.2. The smallest absolute Gasteiger partial charge is 0.201 e. The molecule has 3 aromatic carbocycles. The van der Waals surface area contributed by atoms with Crippen molar-refractivity contribution in [1.29, 1.82) is 0 Å². The summed E-state index contributed by atoms with van der Waals surface area (Å²) in [5.41, 5.74) is 1.23. The average molecular weight is 513 g/mol. The maximum absolute atomic E-state index is 15.1. The van der Waals surface area contributed by atoms with Gasteiger partial charge in [-0.3, -0.25) is 0 Å². The second-order valence-corrected chi connectivity index (χ2v) is 9.48. The van der Waals surface area contributed by atoms with Gasteiger partial charge in [0, 0.05) is 16.7 Å². The van der Waals surface area contributed by atoms with Crippen LogP contribution in [-0.4, -0.2) is 13.2 Å². The minimum absolute atomic E-state index is 0.0646. The second kappa shape index (κ2) is 12.4. The molecule has 196 valence electrons. The van der Waals surface area contributed by atoms with Crippen molar-refractivity contribution in [2.24, 2.45) is 5.92 Å². The van der Waals surface area contributed by atoms with Gasteiger partial charge in [-0.2, -0.15) is 4.39 Å². The minimum Gasteiger partial charge on any atom is -0.490 e. The summed E-state index contributed by atoms with van der Waals surface area (Å²) in [5.74, 6) is -3.64. The van der Waals surface area contributed by atoms with Crippen molar-refractivity contribution in [3.8, 4) is 28.0 Å². The molecule has 1 heterocycles. The van der Waals surface area contributed by atoms with Crippen LogP contribution >= 0.6 is 0 Å². The first-order valence-corrected chi connectivity index (χ1v) is 12.9. The Labute approximate surface area is 215 Å². The summed E-state index contributed by atoms with van der Waals surface area (Å²) in [4.78, 5) is 0. The lowest BCUT2D eigenvalue weighted by molar-refractivity contribution is -0.0210. The van der Waals surface area contributed by atoms with Gasteiger partial charge in [0.15, 0.2) is 23.2 Å². The lowest BCUT2D eigenvalue weighted by Crippen LogP contribution is -2.21. The van der Waals surface area contributed by atoms with Gasteiger partial charge in [-0.25, -0.2) is 13.2 Å². The predicted molar refractivity (Wildman–Crippen MR) is 138 cm³/mol. The Morgan fingerprint density at radius 3 is 2.11 bits per heavy atom. The Balaban J connectivity index is 1.50. The van der Waals surface area contributed by atoms with E-state index in [0.29, 0.717) is 36.7 Å². The van der Waals surface area contributed by atoms with Gasteiger partial charge < -0.3 is 9.47 Å². The first-order chi connectivity index (χ1) is 17.9. The minimum atomic E-state index is -1.04. The Hall–Kier alpha value is -3.12. The molecule has 1 saturated heterocycles. The van der Waals surface area contributed by atoms with E-state index in [0.717, 1.165) is 32.1 Å². The average Bonchev–Trinajstić information content (AvgIpc) is 2.92. The standard InChI is InChI=1S/C31H32F4O2/c1-3-5-7-20-8-16-26(37-19-20)25-14-13-23(28(32)30(25)34)21-9-11-22(12-10-21)24-15-17-27(31(35)29(24)33)36-18-6-4-2/h3,9-15,17,20,26H,1,4-8,16,18-19H2,2H3. The maximum atomic E-state index is 15.1. The van der Waals surface area contributed by atoms with E-state index in [-0.39, 0.29) is 22.4 Å². The van der Waals surface area contributed by atoms with Gasteiger partial charge in [0.1, 0.15) is 0 Å². The van der Waals surface area contributed by atoms with Crippen LogP contribution in [0.5, 0.6) is 5.75 Å². The Morgan fingerprint density at radius 2 is 1.51 bits per heavy atom. The van der Waals surface area contributed by atoms with Crippen LogP contribution in [0.4, 0.5) is 17.6 Å². The number of rotatable bonds is 10. The fourth-order valence-electron chi connectivity index (χ4n) is 4.69. The molecule has 1 aliphatic heterocycles. The molecule has 6 heteroatoms. The van der Waals surface area contributed by atoms with E-state index >= 15 is 8.78 Å². The van der Waals surface area contributed by atoms with Crippen LogP contribution in [0.15, 0.2) is 61.2 Å². The molecule has 2 unspecified atom stereocenters. The molecule has 0 bridgehead atoms. The normalized spacial score (nSPS) is 17.5. The summed E-state index contributed by atoms with van der Waals surface area (Å²) in [7, 11) is 0.